The first kappa shape index (κ1) is 18.2. The van der Waals surface area contributed by atoms with Gasteiger partial charge >= 0.3 is 6.18 Å². The smallest absolute Gasteiger partial charge is 0.340 e. The third-order valence-electron chi connectivity index (χ3n) is 4.14. The lowest BCUT2D eigenvalue weighted by Gasteiger charge is -2.22. The van der Waals surface area contributed by atoms with E-state index in [0.29, 0.717) is 17.2 Å². The van der Waals surface area contributed by atoms with Crippen LogP contribution in [-0.4, -0.2) is 23.5 Å². The van der Waals surface area contributed by atoms with E-state index in [-0.39, 0.29) is 11.9 Å². The fourth-order valence-corrected chi connectivity index (χ4v) is 2.73. The highest BCUT2D eigenvalue weighted by Crippen LogP contribution is 2.29. The Morgan fingerprint density at radius 2 is 1.81 bits per heavy atom. The zero-order chi connectivity index (χ0) is 18.6. The number of hydrogen-bond donors (Lipinski definition) is 3. The van der Waals surface area contributed by atoms with E-state index in [1.54, 1.807) is 24.3 Å². The molecule has 1 aliphatic rings. The summed E-state index contributed by atoms with van der Waals surface area (Å²) in [5.41, 5.74) is 0.525. The number of benzene rings is 1. The van der Waals surface area contributed by atoms with E-state index < -0.39 is 11.7 Å². The van der Waals surface area contributed by atoms with Crippen LogP contribution in [0.5, 0.6) is 0 Å². The van der Waals surface area contributed by atoms with Crippen molar-refractivity contribution >= 4 is 23.1 Å². The number of halogens is 3. The van der Waals surface area contributed by atoms with Crippen molar-refractivity contribution in [3.8, 4) is 0 Å². The molecule has 26 heavy (non-hydrogen) atoms. The van der Waals surface area contributed by atoms with Gasteiger partial charge in [-0.2, -0.15) is 13.2 Å². The van der Waals surface area contributed by atoms with Crippen LogP contribution in [0, 0.1) is 0 Å². The molecule has 0 unspecified atom stereocenters. The lowest BCUT2D eigenvalue weighted by Crippen LogP contribution is -2.43. The number of alkyl halides is 3. The standard InChI is InChI=1S/C18H19F3N4O/c19-18(20,21)12-4-9-16(23-11-12)24-13-5-7-14(8-6-13)25-17(26)15-3-1-2-10-22-15/h4-9,11,15,22H,1-3,10H2,(H,23,24)(H,25,26)/t15-/m1/s1. The van der Waals surface area contributed by atoms with Gasteiger partial charge in [0.15, 0.2) is 0 Å². The summed E-state index contributed by atoms with van der Waals surface area (Å²) in [6.45, 7) is 0.848. The summed E-state index contributed by atoms with van der Waals surface area (Å²) in [5.74, 6) is 0.246. The molecule has 2 aromatic rings. The van der Waals surface area contributed by atoms with E-state index in [4.69, 9.17) is 0 Å². The number of rotatable bonds is 4. The van der Waals surface area contributed by atoms with Gasteiger partial charge in [0.25, 0.3) is 0 Å². The summed E-state index contributed by atoms with van der Waals surface area (Å²) in [7, 11) is 0. The predicted octanol–water partition coefficient (Wildman–Crippen LogP) is 3.92. The number of nitrogens with zero attached hydrogens (tertiary/aromatic N) is 1. The molecule has 8 heteroatoms. The van der Waals surface area contributed by atoms with E-state index in [9.17, 15) is 18.0 Å². The van der Waals surface area contributed by atoms with Crippen molar-refractivity contribution in [2.24, 2.45) is 0 Å². The molecule has 0 bridgehead atoms. The molecule has 1 atom stereocenters. The number of hydrogen-bond acceptors (Lipinski definition) is 4. The van der Waals surface area contributed by atoms with Crippen LogP contribution in [0.15, 0.2) is 42.6 Å². The van der Waals surface area contributed by atoms with Gasteiger partial charge in [-0.1, -0.05) is 6.42 Å². The second-order valence-corrected chi connectivity index (χ2v) is 6.12. The molecule has 1 saturated heterocycles. The van der Waals surface area contributed by atoms with E-state index in [0.717, 1.165) is 38.1 Å². The minimum Gasteiger partial charge on any atom is -0.340 e. The molecule has 1 amide bonds. The summed E-state index contributed by atoms with van der Waals surface area (Å²) in [4.78, 5) is 15.9. The number of nitrogens with one attached hydrogen (secondary N) is 3. The average molecular weight is 364 g/mol. The van der Waals surface area contributed by atoms with Gasteiger partial charge in [0.1, 0.15) is 5.82 Å². The Kier molecular flexibility index (Phi) is 5.41. The fourth-order valence-electron chi connectivity index (χ4n) is 2.73. The quantitative estimate of drug-likeness (QED) is 0.769. The molecule has 3 rings (SSSR count). The van der Waals surface area contributed by atoms with Crippen LogP contribution in [-0.2, 0) is 11.0 Å². The molecule has 0 spiro atoms. The number of pyridine rings is 1. The van der Waals surface area contributed by atoms with Crippen LogP contribution in [0.3, 0.4) is 0 Å². The molecule has 0 saturated carbocycles. The minimum atomic E-state index is -4.40. The molecular formula is C18H19F3N4O. The van der Waals surface area contributed by atoms with Crippen LogP contribution < -0.4 is 16.0 Å². The van der Waals surface area contributed by atoms with E-state index in [1.165, 1.54) is 6.07 Å². The third-order valence-corrected chi connectivity index (χ3v) is 4.14. The van der Waals surface area contributed by atoms with Crippen LogP contribution in [0.1, 0.15) is 24.8 Å². The number of anilines is 3. The molecule has 1 aromatic heterocycles. The van der Waals surface area contributed by atoms with Gasteiger partial charge in [-0.05, 0) is 55.8 Å². The van der Waals surface area contributed by atoms with E-state index in [1.807, 2.05) is 0 Å². The summed E-state index contributed by atoms with van der Waals surface area (Å²) in [6, 6.07) is 8.99. The summed E-state index contributed by atoms with van der Waals surface area (Å²) < 4.78 is 37.6. The van der Waals surface area contributed by atoms with Gasteiger partial charge in [-0.3, -0.25) is 4.79 Å². The Labute approximate surface area is 149 Å². The van der Waals surface area contributed by atoms with Gasteiger partial charge in [0, 0.05) is 17.6 Å². The Morgan fingerprint density at radius 3 is 2.38 bits per heavy atom. The molecule has 3 N–H and O–H groups in total. The molecule has 1 fully saturated rings. The normalized spacial score (nSPS) is 17.6. The SMILES string of the molecule is O=C(Nc1ccc(Nc2ccc(C(F)(F)F)cn2)cc1)[C@H]1CCCCN1. The fraction of sp³-hybridized carbons (Fsp3) is 0.333. The van der Waals surface area contributed by atoms with Gasteiger partial charge in [-0.25, -0.2) is 4.98 Å². The molecule has 5 nitrogen and oxygen atoms in total. The molecule has 0 aliphatic carbocycles. The molecular weight excluding hydrogens is 345 g/mol. The van der Waals surface area contributed by atoms with Gasteiger partial charge < -0.3 is 16.0 Å². The van der Waals surface area contributed by atoms with E-state index >= 15 is 0 Å². The highest BCUT2D eigenvalue weighted by atomic mass is 19.4. The third kappa shape index (κ3) is 4.72. The van der Waals surface area contributed by atoms with Crippen molar-refractivity contribution in [3.63, 3.8) is 0 Å². The lowest BCUT2D eigenvalue weighted by molar-refractivity contribution is -0.137. The molecule has 1 aliphatic heterocycles. The molecule has 1 aromatic carbocycles. The first-order valence-corrected chi connectivity index (χ1v) is 8.36. The van der Waals surface area contributed by atoms with Crippen molar-refractivity contribution in [3.05, 3.63) is 48.2 Å². The van der Waals surface area contributed by atoms with E-state index in [2.05, 4.69) is 20.9 Å². The Hall–Kier alpha value is -2.61. The van der Waals surface area contributed by atoms with Crippen molar-refractivity contribution < 1.29 is 18.0 Å². The summed E-state index contributed by atoms with van der Waals surface area (Å²) in [5, 5.41) is 8.97. The highest BCUT2D eigenvalue weighted by molar-refractivity contribution is 5.95. The van der Waals surface area contributed by atoms with Crippen LogP contribution in [0.2, 0.25) is 0 Å². The molecule has 2 heterocycles. The number of aromatic nitrogens is 1. The summed E-state index contributed by atoms with van der Waals surface area (Å²) >= 11 is 0. The first-order valence-electron chi connectivity index (χ1n) is 8.36. The molecule has 0 radical (unpaired) electrons. The van der Waals surface area contributed by atoms with Gasteiger partial charge in [0.05, 0.1) is 11.6 Å². The first-order chi connectivity index (χ1) is 12.4. The second kappa shape index (κ2) is 7.74. The maximum atomic E-state index is 12.5. The number of piperidine rings is 1. The zero-order valence-corrected chi connectivity index (χ0v) is 13.9. The monoisotopic (exact) mass is 364 g/mol. The predicted molar refractivity (Wildman–Crippen MR) is 93.2 cm³/mol. The van der Waals surface area contributed by atoms with Crippen molar-refractivity contribution in [1.82, 2.24) is 10.3 Å². The van der Waals surface area contributed by atoms with Crippen molar-refractivity contribution in [1.29, 1.82) is 0 Å². The van der Waals surface area contributed by atoms with Crippen LogP contribution >= 0.6 is 0 Å². The second-order valence-electron chi connectivity index (χ2n) is 6.12. The van der Waals surface area contributed by atoms with Crippen molar-refractivity contribution in [2.75, 3.05) is 17.2 Å². The van der Waals surface area contributed by atoms with Gasteiger partial charge in [0.2, 0.25) is 5.91 Å². The highest BCUT2D eigenvalue weighted by Gasteiger charge is 2.30. The van der Waals surface area contributed by atoms with Crippen LogP contribution in [0.25, 0.3) is 0 Å². The number of amides is 1. The number of carbonyl (C=O) groups excluding carboxylic acids is 1. The minimum absolute atomic E-state index is 0.0604. The maximum Gasteiger partial charge on any atom is 0.417 e. The Morgan fingerprint density at radius 1 is 1.08 bits per heavy atom. The Balaban J connectivity index is 1.58. The maximum absolute atomic E-state index is 12.5. The molecule has 138 valence electrons. The topological polar surface area (TPSA) is 66.0 Å². The largest absolute Gasteiger partial charge is 0.417 e. The average Bonchev–Trinajstić information content (AvgIpc) is 2.64. The Bertz CT molecular complexity index is 739. The van der Waals surface area contributed by atoms with Gasteiger partial charge in [-0.15, -0.1) is 0 Å². The van der Waals surface area contributed by atoms with Crippen LogP contribution in [0.4, 0.5) is 30.4 Å². The zero-order valence-electron chi connectivity index (χ0n) is 13.9. The summed E-state index contributed by atoms with van der Waals surface area (Å²) in [6.07, 6.45) is -0.673. The van der Waals surface area contributed by atoms with Crippen molar-refractivity contribution in [2.45, 2.75) is 31.5 Å². The lowest BCUT2D eigenvalue weighted by atomic mass is 10.0. The number of carbonyl (C=O) groups is 1.